The van der Waals surface area contributed by atoms with Crippen molar-refractivity contribution in [2.24, 2.45) is 5.73 Å². The number of carbonyl (C=O) groups excluding carboxylic acids is 1. The largest absolute Gasteiger partial charge is 0.381 e. The standard InChI is InChI=1S/C5H8ClN3O/c6-4(1-7)2-9-3-5(8)10/h1-2,7,9H,3H2,(H2,8,10)/b4-2+,7-1?. The van der Waals surface area contributed by atoms with E-state index in [4.69, 9.17) is 22.7 Å². The summed E-state index contributed by atoms with van der Waals surface area (Å²) < 4.78 is 0. The average molecular weight is 162 g/mol. The second kappa shape index (κ2) is 4.81. The molecule has 0 aromatic carbocycles. The van der Waals surface area contributed by atoms with Gasteiger partial charge in [0.15, 0.2) is 0 Å². The van der Waals surface area contributed by atoms with Crippen molar-refractivity contribution < 1.29 is 4.79 Å². The lowest BCUT2D eigenvalue weighted by molar-refractivity contribution is -0.117. The first-order chi connectivity index (χ1) is 4.66. The Hall–Kier alpha value is -1.03. The minimum absolute atomic E-state index is 0.0318. The summed E-state index contributed by atoms with van der Waals surface area (Å²) in [4.78, 5) is 10.1. The Morgan fingerprint density at radius 2 is 2.40 bits per heavy atom. The molecule has 0 aliphatic carbocycles. The minimum atomic E-state index is -0.467. The third-order valence-corrected chi connectivity index (χ3v) is 0.872. The lowest BCUT2D eigenvalue weighted by atomic mass is 10.6. The lowest BCUT2D eigenvalue weighted by Gasteiger charge is -1.93. The fourth-order valence-electron chi connectivity index (χ4n) is 0.291. The van der Waals surface area contributed by atoms with E-state index in [1.165, 1.54) is 6.20 Å². The smallest absolute Gasteiger partial charge is 0.236 e. The molecule has 4 nitrogen and oxygen atoms in total. The first kappa shape index (κ1) is 8.97. The average Bonchev–Trinajstić information content (AvgIpc) is 1.87. The molecule has 0 fully saturated rings. The van der Waals surface area contributed by atoms with Crippen molar-refractivity contribution in [3.63, 3.8) is 0 Å². The molecule has 0 spiro atoms. The summed E-state index contributed by atoms with van der Waals surface area (Å²) in [6.45, 7) is 0.0318. The van der Waals surface area contributed by atoms with Crippen LogP contribution in [0.15, 0.2) is 11.2 Å². The molecular formula is C5H8ClN3O. The summed E-state index contributed by atoms with van der Waals surface area (Å²) in [5.74, 6) is -0.467. The summed E-state index contributed by atoms with van der Waals surface area (Å²) in [5.41, 5.74) is 4.79. The summed E-state index contributed by atoms with van der Waals surface area (Å²) >= 11 is 5.35. The van der Waals surface area contributed by atoms with Crippen molar-refractivity contribution in [2.45, 2.75) is 0 Å². The molecule has 10 heavy (non-hydrogen) atoms. The summed E-state index contributed by atoms with van der Waals surface area (Å²) in [5, 5.41) is 9.35. The number of amides is 1. The molecule has 0 aromatic heterocycles. The zero-order valence-corrected chi connectivity index (χ0v) is 5.98. The highest BCUT2D eigenvalue weighted by atomic mass is 35.5. The van der Waals surface area contributed by atoms with E-state index in [2.05, 4.69) is 5.32 Å². The van der Waals surface area contributed by atoms with E-state index in [1.807, 2.05) is 0 Å². The van der Waals surface area contributed by atoms with Gasteiger partial charge in [0.05, 0.1) is 11.6 Å². The van der Waals surface area contributed by atoms with Crippen LogP contribution in [0.4, 0.5) is 0 Å². The first-order valence-electron chi connectivity index (χ1n) is 2.54. The Balaban J connectivity index is 3.52. The third kappa shape index (κ3) is 5.11. The predicted octanol–water partition coefficient (Wildman–Crippen LogP) is -0.209. The van der Waals surface area contributed by atoms with E-state index in [-0.39, 0.29) is 11.6 Å². The van der Waals surface area contributed by atoms with Gasteiger partial charge in [-0.05, 0) is 0 Å². The molecule has 0 unspecified atom stereocenters. The summed E-state index contributed by atoms with van der Waals surface area (Å²) in [6.07, 6.45) is 2.29. The molecule has 0 aliphatic rings. The second-order valence-electron chi connectivity index (χ2n) is 1.52. The molecule has 0 rings (SSSR count). The Bertz CT molecular complexity index is 166. The molecule has 56 valence electrons. The van der Waals surface area contributed by atoms with Crippen LogP contribution in [-0.2, 0) is 4.79 Å². The van der Waals surface area contributed by atoms with Gasteiger partial charge in [-0.1, -0.05) is 11.6 Å². The van der Waals surface area contributed by atoms with Gasteiger partial charge in [0, 0.05) is 12.4 Å². The fourth-order valence-corrected chi connectivity index (χ4v) is 0.368. The molecule has 0 aliphatic heterocycles. The van der Waals surface area contributed by atoms with Crippen LogP contribution in [-0.4, -0.2) is 18.7 Å². The van der Waals surface area contributed by atoms with Gasteiger partial charge in [-0.3, -0.25) is 4.79 Å². The molecule has 1 amide bonds. The van der Waals surface area contributed by atoms with Gasteiger partial charge < -0.3 is 16.5 Å². The second-order valence-corrected chi connectivity index (χ2v) is 1.96. The quantitative estimate of drug-likeness (QED) is 0.499. The van der Waals surface area contributed by atoms with Crippen molar-refractivity contribution in [3.05, 3.63) is 11.2 Å². The van der Waals surface area contributed by atoms with Crippen LogP contribution in [0.5, 0.6) is 0 Å². The molecule has 0 atom stereocenters. The number of carbonyl (C=O) groups is 1. The molecule has 0 aromatic rings. The van der Waals surface area contributed by atoms with Gasteiger partial charge in [0.1, 0.15) is 0 Å². The number of hydrogen-bond acceptors (Lipinski definition) is 3. The SMILES string of the molecule is N=C/C(Cl)=C\NCC(N)=O. The third-order valence-electron chi connectivity index (χ3n) is 0.654. The maximum atomic E-state index is 10.1. The predicted molar refractivity (Wildman–Crippen MR) is 39.9 cm³/mol. The lowest BCUT2D eigenvalue weighted by Crippen LogP contribution is -2.25. The maximum absolute atomic E-state index is 10.1. The number of rotatable bonds is 4. The molecule has 5 heteroatoms. The van der Waals surface area contributed by atoms with Crippen molar-refractivity contribution in [3.8, 4) is 0 Å². The molecule has 0 saturated carbocycles. The Kier molecular flexibility index (Phi) is 4.32. The number of hydrogen-bond donors (Lipinski definition) is 3. The van der Waals surface area contributed by atoms with Gasteiger partial charge in [0.25, 0.3) is 0 Å². The number of allylic oxidation sites excluding steroid dienone is 1. The number of nitrogens with two attached hydrogens (primary N) is 1. The molecular weight excluding hydrogens is 154 g/mol. The normalized spacial score (nSPS) is 10.7. The van der Waals surface area contributed by atoms with Gasteiger partial charge in [0.2, 0.25) is 5.91 Å². The van der Waals surface area contributed by atoms with E-state index in [0.717, 1.165) is 6.21 Å². The Morgan fingerprint density at radius 3 is 2.80 bits per heavy atom. The van der Waals surface area contributed by atoms with Crippen LogP contribution in [0, 0.1) is 5.41 Å². The molecule has 4 N–H and O–H groups in total. The van der Waals surface area contributed by atoms with Gasteiger partial charge >= 0.3 is 0 Å². The van der Waals surface area contributed by atoms with Crippen molar-refractivity contribution in [1.29, 1.82) is 5.41 Å². The Morgan fingerprint density at radius 1 is 1.80 bits per heavy atom. The summed E-state index contributed by atoms with van der Waals surface area (Å²) in [7, 11) is 0. The van der Waals surface area contributed by atoms with Gasteiger partial charge in [-0.15, -0.1) is 0 Å². The van der Waals surface area contributed by atoms with E-state index >= 15 is 0 Å². The van der Waals surface area contributed by atoms with Crippen molar-refractivity contribution in [2.75, 3.05) is 6.54 Å². The van der Waals surface area contributed by atoms with E-state index in [1.54, 1.807) is 0 Å². The zero-order valence-electron chi connectivity index (χ0n) is 5.23. The molecule has 0 bridgehead atoms. The highest BCUT2D eigenvalue weighted by molar-refractivity contribution is 6.38. The monoisotopic (exact) mass is 161 g/mol. The van der Waals surface area contributed by atoms with E-state index < -0.39 is 5.91 Å². The van der Waals surface area contributed by atoms with Crippen LogP contribution in [0.2, 0.25) is 0 Å². The van der Waals surface area contributed by atoms with Crippen molar-refractivity contribution in [1.82, 2.24) is 5.32 Å². The highest BCUT2D eigenvalue weighted by Crippen LogP contribution is 1.91. The topological polar surface area (TPSA) is 79.0 Å². The van der Waals surface area contributed by atoms with Crippen LogP contribution in [0.25, 0.3) is 0 Å². The van der Waals surface area contributed by atoms with Gasteiger partial charge in [-0.2, -0.15) is 0 Å². The number of primary amides is 1. The number of nitrogens with one attached hydrogen (secondary N) is 2. The van der Waals surface area contributed by atoms with Crippen molar-refractivity contribution >= 4 is 23.7 Å². The van der Waals surface area contributed by atoms with Crippen LogP contribution in [0.1, 0.15) is 0 Å². The van der Waals surface area contributed by atoms with Crippen LogP contribution < -0.4 is 11.1 Å². The van der Waals surface area contributed by atoms with Crippen LogP contribution in [0.3, 0.4) is 0 Å². The molecule has 0 heterocycles. The zero-order chi connectivity index (χ0) is 7.98. The van der Waals surface area contributed by atoms with Crippen LogP contribution >= 0.6 is 11.6 Å². The first-order valence-corrected chi connectivity index (χ1v) is 2.92. The summed E-state index contributed by atoms with van der Waals surface area (Å²) in [6, 6.07) is 0. The van der Waals surface area contributed by atoms with Gasteiger partial charge in [-0.25, -0.2) is 0 Å². The maximum Gasteiger partial charge on any atom is 0.236 e. The fraction of sp³-hybridized carbons (Fsp3) is 0.200. The molecule has 0 saturated heterocycles. The number of halogens is 1. The van der Waals surface area contributed by atoms with E-state index in [0.29, 0.717) is 0 Å². The molecule has 0 radical (unpaired) electrons. The minimum Gasteiger partial charge on any atom is -0.381 e. The highest BCUT2D eigenvalue weighted by Gasteiger charge is 1.88. The van der Waals surface area contributed by atoms with E-state index in [9.17, 15) is 4.79 Å². The Labute approximate surface area is 63.5 Å².